The summed E-state index contributed by atoms with van der Waals surface area (Å²) in [7, 11) is 0. The molecule has 6 nitrogen and oxygen atoms in total. The van der Waals surface area contributed by atoms with Crippen LogP contribution < -0.4 is 0 Å². The Morgan fingerprint density at radius 3 is 0.685 bits per heavy atom. The first kappa shape index (κ1) is 70.9. The van der Waals surface area contributed by atoms with Crippen LogP contribution in [0.15, 0.2) is 24.3 Å². The molecule has 0 bridgehead atoms. The van der Waals surface area contributed by atoms with E-state index >= 15 is 0 Å². The van der Waals surface area contributed by atoms with Crippen molar-refractivity contribution in [2.24, 2.45) is 0 Å². The van der Waals surface area contributed by atoms with E-state index in [1.807, 2.05) is 0 Å². The van der Waals surface area contributed by atoms with Gasteiger partial charge in [0.25, 0.3) is 0 Å². The predicted molar refractivity (Wildman–Crippen MR) is 316 cm³/mol. The Hall–Kier alpha value is -2.11. The monoisotopic (exact) mass is 1030 g/mol. The normalized spacial score (nSPS) is 12.1. The Morgan fingerprint density at radius 2 is 0.452 bits per heavy atom. The Kier molecular flexibility index (Phi) is 60.6. The van der Waals surface area contributed by atoms with E-state index in [2.05, 4.69) is 45.1 Å². The van der Waals surface area contributed by atoms with Crippen LogP contribution in [0.4, 0.5) is 0 Å². The summed E-state index contributed by atoms with van der Waals surface area (Å²) in [5.41, 5.74) is 0. The summed E-state index contributed by atoms with van der Waals surface area (Å²) >= 11 is 0. The average molecular weight is 1030 g/mol. The van der Waals surface area contributed by atoms with Crippen molar-refractivity contribution in [3.63, 3.8) is 0 Å². The largest absolute Gasteiger partial charge is 0.462 e. The maximum absolute atomic E-state index is 12.9. The minimum absolute atomic E-state index is 0.0683. The van der Waals surface area contributed by atoms with Crippen molar-refractivity contribution in [2.75, 3.05) is 13.2 Å². The number of esters is 3. The molecule has 0 fully saturated rings. The van der Waals surface area contributed by atoms with Crippen LogP contribution in [0.1, 0.15) is 367 Å². The lowest BCUT2D eigenvalue weighted by Gasteiger charge is -2.18. The molecule has 0 amide bonds. The SMILES string of the molecule is CCCCCCCC/C=C\CCCCCCCCCC(=O)OC(COC(=O)CCCCCCCCCCC/C=C\CCCCCCCCCC)COC(=O)CCCCCCCCCCCCCCCCCCC. The molecule has 0 aliphatic carbocycles. The number of hydrogen-bond acceptors (Lipinski definition) is 6. The number of hydrogen-bond donors (Lipinski definition) is 0. The molecule has 0 spiro atoms. The zero-order valence-corrected chi connectivity index (χ0v) is 49.4. The van der Waals surface area contributed by atoms with Crippen LogP contribution in [0.3, 0.4) is 0 Å². The highest BCUT2D eigenvalue weighted by molar-refractivity contribution is 5.71. The molecule has 0 aliphatic heterocycles. The third kappa shape index (κ3) is 60.6. The highest BCUT2D eigenvalue weighted by Crippen LogP contribution is 2.18. The fourth-order valence-corrected chi connectivity index (χ4v) is 9.97. The molecule has 0 aromatic carbocycles. The maximum Gasteiger partial charge on any atom is 0.306 e. The lowest BCUT2D eigenvalue weighted by atomic mass is 10.0. The van der Waals surface area contributed by atoms with Gasteiger partial charge in [0.1, 0.15) is 13.2 Å². The van der Waals surface area contributed by atoms with Crippen molar-refractivity contribution in [3.05, 3.63) is 24.3 Å². The van der Waals surface area contributed by atoms with Gasteiger partial charge in [0.05, 0.1) is 0 Å². The number of carbonyl (C=O) groups excluding carboxylic acids is 3. The molecule has 1 unspecified atom stereocenters. The standard InChI is InChI=1S/C67H126O6/c1-4-7-10-13-16-19-22-25-28-31-32-33-34-37-39-42-45-48-51-54-57-60-66(69)72-63-64(73-67(70)61-58-55-52-49-46-43-40-36-30-27-24-21-18-15-12-9-6-3)62-71-65(68)59-56-53-50-47-44-41-38-35-29-26-23-20-17-14-11-8-5-2/h27,30-32,64H,4-26,28-29,33-63H2,1-3H3/b30-27-,32-31-. The van der Waals surface area contributed by atoms with Crippen molar-refractivity contribution in [3.8, 4) is 0 Å². The van der Waals surface area contributed by atoms with Gasteiger partial charge in [-0.3, -0.25) is 14.4 Å². The van der Waals surface area contributed by atoms with Crippen LogP contribution in [0.5, 0.6) is 0 Å². The summed E-state index contributed by atoms with van der Waals surface area (Å²) in [6.07, 6.45) is 74.7. The Labute approximate surface area is 455 Å². The quantitative estimate of drug-likeness (QED) is 0.0261. The van der Waals surface area contributed by atoms with Crippen LogP contribution in [0.25, 0.3) is 0 Å². The Bertz CT molecular complexity index is 1180. The molecule has 0 rings (SSSR count). The topological polar surface area (TPSA) is 78.9 Å². The van der Waals surface area contributed by atoms with Crippen molar-refractivity contribution in [1.29, 1.82) is 0 Å². The van der Waals surface area contributed by atoms with Crippen molar-refractivity contribution in [2.45, 2.75) is 374 Å². The minimum Gasteiger partial charge on any atom is -0.462 e. The molecule has 0 aromatic rings. The second-order valence-corrected chi connectivity index (χ2v) is 22.4. The van der Waals surface area contributed by atoms with E-state index in [9.17, 15) is 14.4 Å². The first-order valence-corrected chi connectivity index (χ1v) is 32.8. The van der Waals surface area contributed by atoms with Crippen LogP contribution in [-0.2, 0) is 28.6 Å². The lowest BCUT2D eigenvalue weighted by molar-refractivity contribution is -0.167. The van der Waals surface area contributed by atoms with Crippen LogP contribution >= 0.6 is 0 Å². The van der Waals surface area contributed by atoms with Crippen molar-refractivity contribution >= 4 is 17.9 Å². The summed E-state index contributed by atoms with van der Waals surface area (Å²) in [5.74, 6) is -0.847. The molecular weight excluding hydrogens is 901 g/mol. The van der Waals surface area contributed by atoms with Gasteiger partial charge in [0, 0.05) is 19.3 Å². The third-order valence-electron chi connectivity index (χ3n) is 14.9. The van der Waals surface area contributed by atoms with Crippen molar-refractivity contribution < 1.29 is 28.6 Å². The van der Waals surface area contributed by atoms with Gasteiger partial charge in [-0.15, -0.1) is 0 Å². The van der Waals surface area contributed by atoms with Crippen LogP contribution in [-0.4, -0.2) is 37.2 Å². The van der Waals surface area contributed by atoms with Gasteiger partial charge >= 0.3 is 17.9 Å². The number of rotatable bonds is 61. The second kappa shape index (κ2) is 62.4. The van der Waals surface area contributed by atoms with E-state index in [-0.39, 0.29) is 31.1 Å². The summed E-state index contributed by atoms with van der Waals surface area (Å²) in [6, 6.07) is 0. The Balaban J connectivity index is 4.31. The van der Waals surface area contributed by atoms with E-state index < -0.39 is 6.10 Å². The van der Waals surface area contributed by atoms with Crippen LogP contribution in [0, 0.1) is 0 Å². The molecule has 0 radical (unpaired) electrons. The second-order valence-electron chi connectivity index (χ2n) is 22.4. The molecular formula is C67H126O6. The van der Waals surface area contributed by atoms with Gasteiger partial charge in [-0.2, -0.15) is 0 Å². The van der Waals surface area contributed by atoms with E-state index in [0.29, 0.717) is 19.3 Å². The Morgan fingerprint density at radius 1 is 0.260 bits per heavy atom. The van der Waals surface area contributed by atoms with E-state index in [1.54, 1.807) is 0 Å². The fourth-order valence-electron chi connectivity index (χ4n) is 9.97. The minimum atomic E-state index is -0.772. The molecule has 6 heteroatoms. The van der Waals surface area contributed by atoms with Crippen LogP contribution in [0.2, 0.25) is 0 Å². The number of ether oxygens (including phenoxy) is 3. The molecule has 0 saturated heterocycles. The fraction of sp³-hybridized carbons (Fsp3) is 0.896. The van der Waals surface area contributed by atoms with E-state index in [0.717, 1.165) is 57.8 Å². The first-order valence-electron chi connectivity index (χ1n) is 32.8. The smallest absolute Gasteiger partial charge is 0.306 e. The van der Waals surface area contributed by atoms with E-state index in [1.165, 1.54) is 270 Å². The predicted octanol–water partition coefficient (Wildman–Crippen LogP) is 22.2. The summed E-state index contributed by atoms with van der Waals surface area (Å²) in [6.45, 7) is 6.70. The van der Waals surface area contributed by atoms with Gasteiger partial charge in [0.15, 0.2) is 6.10 Å². The molecule has 1 atom stereocenters. The first-order chi connectivity index (χ1) is 36.0. The summed E-state index contributed by atoms with van der Waals surface area (Å²) in [5, 5.41) is 0. The molecule has 0 saturated carbocycles. The van der Waals surface area contributed by atoms with Gasteiger partial charge in [-0.25, -0.2) is 0 Å². The molecule has 73 heavy (non-hydrogen) atoms. The highest BCUT2D eigenvalue weighted by Gasteiger charge is 2.19. The molecule has 430 valence electrons. The zero-order valence-electron chi connectivity index (χ0n) is 49.4. The van der Waals surface area contributed by atoms with Gasteiger partial charge in [-0.1, -0.05) is 302 Å². The molecule has 0 N–H and O–H groups in total. The van der Waals surface area contributed by atoms with Gasteiger partial charge < -0.3 is 14.2 Å². The van der Waals surface area contributed by atoms with Gasteiger partial charge in [-0.05, 0) is 70.6 Å². The highest BCUT2D eigenvalue weighted by atomic mass is 16.6. The molecule has 0 heterocycles. The zero-order chi connectivity index (χ0) is 52.9. The number of carbonyl (C=O) groups is 3. The maximum atomic E-state index is 12.9. The van der Waals surface area contributed by atoms with E-state index in [4.69, 9.17) is 14.2 Å². The summed E-state index contributed by atoms with van der Waals surface area (Å²) < 4.78 is 17.0. The molecule has 0 aliphatic rings. The lowest BCUT2D eigenvalue weighted by Crippen LogP contribution is -2.30. The average Bonchev–Trinajstić information content (AvgIpc) is 3.39. The summed E-state index contributed by atoms with van der Waals surface area (Å²) in [4.78, 5) is 38.3. The van der Waals surface area contributed by atoms with Gasteiger partial charge in [0.2, 0.25) is 0 Å². The third-order valence-corrected chi connectivity index (χ3v) is 14.9. The number of allylic oxidation sites excluding steroid dienone is 4. The molecule has 0 aromatic heterocycles. The van der Waals surface area contributed by atoms with Crippen molar-refractivity contribution in [1.82, 2.24) is 0 Å². The number of unbranched alkanes of at least 4 members (excludes halogenated alkanes) is 46.